The van der Waals surface area contributed by atoms with Crippen molar-refractivity contribution < 1.29 is 4.79 Å². The van der Waals surface area contributed by atoms with Crippen LogP contribution in [-0.4, -0.2) is 24.4 Å². The number of likely N-dealkylation sites (N-methyl/N-ethyl adjacent to an activating group) is 1. The van der Waals surface area contributed by atoms with Crippen LogP contribution >= 0.6 is 0 Å². The van der Waals surface area contributed by atoms with Crippen LogP contribution < -0.4 is 5.73 Å². The number of carbonyl (C=O) groups excluding carboxylic acids is 1. The number of aryl methyl sites for hydroxylation is 1. The van der Waals surface area contributed by atoms with Crippen LogP contribution in [-0.2, 0) is 0 Å². The molecule has 14 heavy (non-hydrogen) atoms. The molecule has 0 bridgehead atoms. The average Bonchev–Trinajstić information content (AvgIpc) is 2.41. The number of rotatable bonds is 1. The summed E-state index contributed by atoms with van der Waals surface area (Å²) < 4.78 is 0. The quantitative estimate of drug-likeness (QED) is 0.720. The van der Waals surface area contributed by atoms with Crippen LogP contribution in [0, 0.1) is 6.92 Å². The molecule has 1 amide bonds. The lowest BCUT2D eigenvalue weighted by molar-refractivity contribution is 0.0778. The van der Waals surface area contributed by atoms with Gasteiger partial charge in [0.2, 0.25) is 0 Å². The number of amides is 1. The minimum atomic E-state index is 0.0531. The van der Waals surface area contributed by atoms with Crippen molar-refractivity contribution in [2.75, 3.05) is 13.6 Å². The van der Waals surface area contributed by atoms with Gasteiger partial charge in [0.1, 0.15) is 0 Å². The predicted octanol–water partition coefficient (Wildman–Crippen LogP) is 1.08. The highest BCUT2D eigenvalue weighted by Crippen LogP contribution is 2.32. The molecule has 1 atom stereocenters. The van der Waals surface area contributed by atoms with E-state index in [1.807, 2.05) is 25.1 Å². The number of hydrogen-bond acceptors (Lipinski definition) is 2. The highest BCUT2D eigenvalue weighted by Gasteiger charge is 2.33. The van der Waals surface area contributed by atoms with E-state index in [-0.39, 0.29) is 11.9 Å². The zero-order valence-corrected chi connectivity index (χ0v) is 8.45. The second-order valence-corrected chi connectivity index (χ2v) is 3.71. The number of carbonyl (C=O) groups is 1. The molecule has 0 saturated carbocycles. The minimum Gasteiger partial charge on any atom is -0.333 e. The fourth-order valence-corrected chi connectivity index (χ4v) is 2.07. The summed E-state index contributed by atoms with van der Waals surface area (Å²) >= 11 is 0. The van der Waals surface area contributed by atoms with Crippen molar-refractivity contribution in [3.63, 3.8) is 0 Å². The van der Waals surface area contributed by atoms with Gasteiger partial charge in [-0.3, -0.25) is 4.79 Å². The van der Waals surface area contributed by atoms with Gasteiger partial charge in [-0.05, 0) is 18.1 Å². The van der Waals surface area contributed by atoms with Crippen LogP contribution in [0.5, 0.6) is 0 Å². The second-order valence-electron chi connectivity index (χ2n) is 3.71. The van der Waals surface area contributed by atoms with E-state index in [1.165, 1.54) is 0 Å². The Morgan fingerprint density at radius 1 is 1.50 bits per heavy atom. The topological polar surface area (TPSA) is 46.3 Å². The summed E-state index contributed by atoms with van der Waals surface area (Å²) in [6.45, 7) is 2.45. The van der Waals surface area contributed by atoms with Gasteiger partial charge in [0.15, 0.2) is 0 Å². The van der Waals surface area contributed by atoms with Crippen molar-refractivity contribution in [2.45, 2.75) is 13.0 Å². The number of benzene rings is 1. The van der Waals surface area contributed by atoms with Crippen LogP contribution in [0.1, 0.15) is 27.5 Å². The van der Waals surface area contributed by atoms with Crippen molar-refractivity contribution in [1.29, 1.82) is 0 Å². The Labute approximate surface area is 83.5 Å². The smallest absolute Gasteiger partial charge is 0.254 e. The highest BCUT2D eigenvalue weighted by atomic mass is 16.2. The summed E-state index contributed by atoms with van der Waals surface area (Å²) in [5, 5.41) is 0. The molecule has 0 radical (unpaired) electrons. The summed E-state index contributed by atoms with van der Waals surface area (Å²) in [5.41, 5.74) is 8.60. The van der Waals surface area contributed by atoms with E-state index in [0.29, 0.717) is 6.54 Å². The molecule has 1 aromatic carbocycles. The van der Waals surface area contributed by atoms with Crippen molar-refractivity contribution in [3.05, 3.63) is 34.9 Å². The average molecular weight is 190 g/mol. The second kappa shape index (κ2) is 3.10. The molecule has 2 N–H and O–H groups in total. The molecule has 0 aromatic heterocycles. The number of fused-ring (bicyclic) bond motifs is 1. The van der Waals surface area contributed by atoms with Gasteiger partial charge in [0.05, 0.1) is 6.04 Å². The van der Waals surface area contributed by atoms with E-state index in [0.717, 1.165) is 16.7 Å². The number of hydrogen-bond donors (Lipinski definition) is 1. The van der Waals surface area contributed by atoms with E-state index < -0.39 is 0 Å². The lowest BCUT2D eigenvalue weighted by Crippen LogP contribution is -2.28. The monoisotopic (exact) mass is 190 g/mol. The van der Waals surface area contributed by atoms with Gasteiger partial charge in [-0.2, -0.15) is 0 Å². The van der Waals surface area contributed by atoms with Crippen LogP contribution in [0.2, 0.25) is 0 Å². The molecule has 1 aromatic rings. The van der Waals surface area contributed by atoms with Gasteiger partial charge in [0, 0.05) is 19.2 Å². The molecule has 0 fully saturated rings. The molecule has 1 aliphatic heterocycles. The summed E-state index contributed by atoms with van der Waals surface area (Å²) in [6, 6.07) is 5.98. The Morgan fingerprint density at radius 3 is 2.86 bits per heavy atom. The van der Waals surface area contributed by atoms with Crippen molar-refractivity contribution in [2.24, 2.45) is 5.73 Å². The maximum atomic E-state index is 11.9. The molecule has 0 saturated heterocycles. The molecule has 1 heterocycles. The molecular formula is C11H14N2O. The number of nitrogens with two attached hydrogens (primary N) is 1. The number of nitrogens with zero attached hydrogens (tertiary/aromatic N) is 1. The standard InChI is InChI=1S/C11H14N2O/c1-7-4-3-5-8-9(6-12)13(2)11(14)10(7)8/h3-5,9H,6,12H2,1-2H3. The zero-order chi connectivity index (χ0) is 10.3. The highest BCUT2D eigenvalue weighted by molar-refractivity contribution is 6.00. The van der Waals surface area contributed by atoms with E-state index >= 15 is 0 Å². The lowest BCUT2D eigenvalue weighted by atomic mass is 10.0. The molecule has 0 aliphatic carbocycles. The van der Waals surface area contributed by atoms with Crippen molar-refractivity contribution in [3.8, 4) is 0 Å². The van der Waals surface area contributed by atoms with Gasteiger partial charge in [-0.25, -0.2) is 0 Å². The van der Waals surface area contributed by atoms with E-state index in [4.69, 9.17) is 5.73 Å². The van der Waals surface area contributed by atoms with Gasteiger partial charge in [-0.15, -0.1) is 0 Å². The predicted molar refractivity (Wildman–Crippen MR) is 55.1 cm³/mol. The first-order chi connectivity index (χ1) is 6.66. The molecule has 1 aliphatic rings. The van der Waals surface area contributed by atoms with Gasteiger partial charge in [-0.1, -0.05) is 18.2 Å². The van der Waals surface area contributed by atoms with Crippen molar-refractivity contribution >= 4 is 5.91 Å². The first kappa shape index (κ1) is 9.21. The first-order valence-electron chi connectivity index (χ1n) is 4.73. The molecule has 3 nitrogen and oxygen atoms in total. The van der Waals surface area contributed by atoms with Crippen LogP contribution in [0.15, 0.2) is 18.2 Å². The third-order valence-electron chi connectivity index (χ3n) is 2.89. The summed E-state index contributed by atoms with van der Waals surface area (Å²) in [5.74, 6) is 0.0913. The van der Waals surface area contributed by atoms with Crippen molar-refractivity contribution in [1.82, 2.24) is 4.90 Å². The summed E-state index contributed by atoms with van der Waals surface area (Å²) in [7, 11) is 1.80. The third kappa shape index (κ3) is 1.06. The Hall–Kier alpha value is -1.35. The minimum absolute atomic E-state index is 0.0531. The molecule has 3 heteroatoms. The van der Waals surface area contributed by atoms with Crippen LogP contribution in [0.3, 0.4) is 0 Å². The molecule has 0 spiro atoms. The fraction of sp³-hybridized carbons (Fsp3) is 0.364. The van der Waals surface area contributed by atoms with E-state index in [1.54, 1.807) is 11.9 Å². The van der Waals surface area contributed by atoms with Gasteiger partial charge < -0.3 is 10.6 Å². The third-order valence-corrected chi connectivity index (χ3v) is 2.89. The molecule has 74 valence electrons. The zero-order valence-electron chi connectivity index (χ0n) is 8.45. The fourth-order valence-electron chi connectivity index (χ4n) is 2.07. The normalized spacial score (nSPS) is 20.1. The summed E-state index contributed by atoms with van der Waals surface area (Å²) in [6.07, 6.45) is 0. The maximum Gasteiger partial charge on any atom is 0.254 e. The van der Waals surface area contributed by atoms with E-state index in [2.05, 4.69) is 0 Å². The van der Waals surface area contributed by atoms with Gasteiger partial charge in [0.25, 0.3) is 5.91 Å². The first-order valence-corrected chi connectivity index (χ1v) is 4.73. The largest absolute Gasteiger partial charge is 0.333 e. The maximum absolute atomic E-state index is 11.9. The molecule has 2 rings (SSSR count). The Kier molecular flexibility index (Phi) is 2.04. The SMILES string of the molecule is Cc1cccc2c1C(=O)N(C)C2CN. The van der Waals surface area contributed by atoms with Crippen LogP contribution in [0.4, 0.5) is 0 Å². The molecular weight excluding hydrogens is 176 g/mol. The lowest BCUT2D eigenvalue weighted by Gasteiger charge is -2.18. The summed E-state index contributed by atoms with van der Waals surface area (Å²) in [4.78, 5) is 13.6. The van der Waals surface area contributed by atoms with Crippen LogP contribution in [0.25, 0.3) is 0 Å². The Bertz CT molecular complexity index is 387. The Balaban J connectivity index is 2.61. The Morgan fingerprint density at radius 2 is 2.21 bits per heavy atom. The molecule has 1 unspecified atom stereocenters. The van der Waals surface area contributed by atoms with Gasteiger partial charge >= 0.3 is 0 Å². The van der Waals surface area contributed by atoms with E-state index in [9.17, 15) is 4.79 Å².